The standard InChI is InChI=1S/C21H32O4/c1-12-6-5-9-20(4,19(24)25)14(3)17(18(22)23)21-10-13(2)15(11-21)7-8-16(12)21/h12,14-17H,2,5-11H2,1,3-4H3,(H,22,23)(H,24,25)/t12-,14-,15-,16+,17-,20-,21+/m1/s1. The average molecular weight is 348 g/mol. The van der Waals surface area contributed by atoms with Crippen LogP contribution in [-0.2, 0) is 9.59 Å². The molecule has 0 unspecified atom stereocenters. The van der Waals surface area contributed by atoms with Gasteiger partial charge in [0.2, 0.25) is 0 Å². The molecule has 0 amide bonds. The number of rotatable bonds is 2. The van der Waals surface area contributed by atoms with Gasteiger partial charge in [0.1, 0.15) is 0 Å². The zero-order valence-electron chi connectivity index (χ0n) is 15.8. The molecule has 0 aliphatic heterocycles. The van der Waals surface area contributed by atoms with Crippen molar-refractivity contribution in [3.8, 4) is 0 Å². The molecule has 4 nitrogen and oxygen atoms in total. The minimum Gasteiger partial charge on any atom is -0.481 e. The van der Waals surface area contributed by atoms with Crippen molar-refractivity contribution in [1.82, 2.24) is 0 Å². The maximum atomic E-state index is 12.5. The molecule has 3 saturated carbocycles. The van der Waals surface area contributed by atoms with Gasteiger partial charge in [-0.25, -0.2) is 0 Å². The van der Waals surface area contributed by atoms with Crippen LogP contribution in [0.1, 0.15) is 65.7 Å². The van der Waals surface area contributed by atoms with E-state index in [4.69, 9.17) is 0 Å². The SMILES string of the molecule is C=C1C[C@]23C[C@H]1CC[C@H]2[C@H](C)CCC[C@@](C)(C(=O)O)[C@H](C)[C@@H]3C(=O)O. The highest BCUT2D eigenvalue weighted by Crippen LogP contribution is 2.65. The average Bonchev–Trinajstić information content (AvgIpc) is 2.78. The summed E-state index contributed by atoms with van der Waals surface area (Å²) in [7, 11) is 0. The maximum absolute atomic E-state index is 12.5. The monoisotopic (exact) mass is 348 g/mol. The molecule has 4 heteroatoms. The Kier molecular flexibility index (Phi) is 4.53. The highest BCUT2D eigenvalue weighted by Gasteiger charge is 2.61. The van der Waals surface area contributed by atoms with Crippen molar-refractivity contribution in [2.45, 2.75) is 65.7 Å². The molecule has 2 N–H and O–H groups in total. The Labute approximate surface area is 150 Å². The van der Waals surface area contributed by atoms with Crippen LogP contribution >= 0.6 is 0 Å². The van der Waals surface area contributed by atoms with E-state index in [1.165, 1.54) is 5.57 Å². The van der Waals surface area contributed by atoms with Gasteiger partial charge in [-0.3, -0.25) is 9.59 Å². The van der Waals surface area contributed by atoms with Crippen LogP contribution in [0.3, 0.4) is 0 Å². The minimum absolute atomic E-state index is 0.314. The lowest BCUT2D eigenvalue weighted by molar-refractivity contribution is -0.165. The fourth-order valence-corrected chi connectivity index (χ4v) is 6.67. The molecule has 0 heterocycles. The molecule has 0 saturated heterocycles. The van der Waals surface area contributed by atoms with Crippen LogP contribution < -0.4 is 0 Å². The molecular weight excluding hydrogens is 316 g/mol. The van der Waals surface area contributed by atoms with Gasteiger partial charge in [-0.05, 0) is 68.1 Å². The van der Waals surface area contributed by atoms with Crippen molar-refractivity contribution in [2.24, 2.45) is 40.4 Å². The Morgan fingerprint density at radius 3 is 2.44 bits per heavy atom. The van der Waals surface area contributed by atoms with Crippen molar-refractivity contribution in [3.05, 3.63) is 12.2 Å². The van der Waals surface area contributed by atoms with Gasteiger partial charge in [-0.15, -0.1) is 0 Å². The Morgan fingerprint density at radius 2 is 1.84 bits per heavy atom. The summed E-state index contributed by atoms with van der Waals surface area (Å²) in [5.41, 5.74) is -0.0981. The third-order valence-electron chi connectivity index (χ3n) is 8.25. The van der Waals surface area contributed by atoms with Gasteiger partial charge in [0.05, 0.1) is 11.3 Å². The lowest BCUT2D eigenvalue weighted by Gasteiger charge is -2.50. The molecule has 140 valence electrons. The quantitative estimate of drug-likeness (QED) is 0.715. The van der Waals surface area contributed by atoms with E-state index in [1.807, 2.05) is 6.92 Å². The zero-order valence-corrected chi connectivity index (χ0v) is 15.8. The number of allylic oxidation sites excluding steroid dienone is 1. The summed E-state index contributed by atoms with van der Waals surface area (Å²) in [6, 6.07) is 0. The molecule has 3 fully saturated rings. The third-order valence-corrected chi connectivity index (χ3v) is 8.25. The first-order valence-corrected chi connectivity index (χ1v) is 9.77. The predicted molar refractivity (Wildman–Crippen MR) is 96.1 cm³/mol. The van der Waals surface area contributed by atoms with Crippen LogP contribution in [0.4, 0.5) is 0 Å². The summed E-state index contributed by atoms with van der Waals surface area (Å²) < 4.78 is 0. The molecule has 25 heavy (non-hydrogen) atoms. The number of carbonyl (C=O) groups is 2. The summed E-state index contributed by atoms with van der Waals surface area (Å²) in [5.74, 6) is -1.43. The summed E-state index contributed by atoms with van der Waals surface area (Å²) >= 11 is 0. The van der Waals surface area contributed by atoms with Gasteiger partial charge >= 0.3 is 11.9 Å². The van der Waals surface area contributed by atoms with E-state index in [1.54, 1.807) is 6.92 Å². The van der Waals surface area contributed by atoms with Gasteiger partial charge in [0.25, 0.3) is 0 Å². The molecule has 0 aromatic carbocycles. The number of hydrogen-bond acceptors (Lipinski definition) is 2. The lowest BCUT2D eigenvalue weighted by atomic mass is 9.52. The van der Waals surface area contributed by atoms with Crippen molar-refractivity contribution >= 4 is 11.9 Å². The molecule has 3 aliphatic carbocycles. The van der Waals surface area contributed by atoms with E-state index >= 15 is 0 Å². The Balaban J connectivity index is 2.15. The maximum Gasteiger partial charge on any atom is 0.309 e. The van der Waals surface area contributed by atoms with Crippen LogP contribution in [0, 0.1) is 40.4 Å². The molecule has 0 radical (unpaired) electrons. The third kappa shape index (κ3) is 2.63. The Bertz CT molecular complexity index is 595. The second-order valence-corrected chi connectivity index (χ2v) is 9.35. The minimum atomic E-state index is -0.983. The topological polar surface area (TPSA) is 74.6 Å². The first-order chi connectivity index (χ1) is 11.6. The first kappa shape index (κ1) is 18.5. The van der Waals surface area contributed by atoms with E-state index in [0.717, 1.165) is 38.5 Å². The highest BCUT2D eigenvalue weighted by atomic mass is 16.4. The van der Waals surface area contributed by atoms with E-state index < -0.39 is 23.3 Å². The fourth-order valence-electron chi connectivity index (χ4n) is 6.67. The van der Waals surface area contributed by atoms with Gasteiger partial charge < -0.3 is 10.2 Å². The number of aliphatic carboxylic acids is 2. The zero-order chi connectivity index (χ0) is 18.6. The summed E-state index contributed by atoms with van der Waals surface area (Å²) in [6.07, 6.45) is 6.24. The van der Waals surface area contributed by atoms with E-state index in [-0.39, 0.29) is 11.3 Å². The van der Waals surface area contributed by atoms with Crippen molar-refractivity contribution in [2.75, 3.05) is 0 Å². The Hall–Kier alpha value is -1.32. The molecule has 3 rings (SSSR count). The second-order valence-electron chi connectivity index (χ2n) is 9.35. The smallest absolute Gasteiger partial charge is 0.309 e. The van der Waals surface area contributed by atoms with Crippen LogP contribution in [-0.4, -0.2) is 22.2 Å². The summed E-state index contributed by atoms with van der Waals surface area (Å²) in [4.78, 5) is 24.6. The van der Waals surface area contributed by atoms with Gasteiger partial charge in [-0.2, -0.15) is 0 Å². The molecule has 0 aromatic rings. The van der Waals surface area contributed by atoms with E-state index in [9.17, 15) is 19.8 Å². The van der Waals surface area contributed by atoms with Crippen molar-refractivity contribution in [1.29, 1.82) is 0 Å². The molecule has 2 bridgehead atoms. The van der Waals surface area contributed by atoms with Gasteiger partial charge in [0.15, 0.2) is 0 Å². The van der Waals surface area contributed by atoms with Crippen molar-refractivity contribution in [3.63, 3.8) is 0 Å². The predicted octanol–water partition coefficient (Wildman–Crippen LogP) is 4.60. The normalized spacial score (nSPS) is 47.3. The van der Waals surface area contributed by atoms with E-state index in [2.05, 4.69) is 13.5 Å². The van der Waals surface area contributed by atoms with Gasteiger partial charge in [0, 0.05) is 0 Å². The molecule has 7 atom stereocenters. The Morgan fingerprint density at radius 1 is 1.16 bits per heavy atom. The molecular formula is C21H32O4. The number of hydrogen-bond donors (Lipinski definition) is 2. The van der Waals surface area contributed by atoms with Crippen LogP contribution in [0.2, 0.25) is 0 Å². The highest BCUT2D eigenvalue weighted by molar-refractivity contribution is 5.78. The lowest BCUT2D eigenvalue weighted by Crippen LogP contribution is -2.51. The fraction of sp³-hybridized carbons (Fsp3) is 0.810. The second kappa shape index (κ2) is 6.14. The van der Waals surface area contributed by atoms with Crippen LogP contribution in [0.5, 0.6) is 0 Å². The van der Waals surface area contributed by atoms with Gasteiger partial charge in [-0.1, -0.05) is 38.8 Å². The van der Waals surface area contributed by atoms with Crippen LogP contribution in [0.25, 0.3) is 0 Å². The first-order valence-electron chi connectivity index (χ1n) is 9.77. The summed E-state index contributed by atoms with van der Waals surface area (Å²) in [5, 5.41) is 20.2. The molecule has 1 spiro atoms. The molecule has 0 aromatic heterocycles. The summed E-state index contributed by atoms with van der Waals surface area (Å²) in [6.45, 7) is 10.2. The number of carboxylic acids is 2. The van der Waals surface area contributed by atoms with Crippen molar-refractivity contribution < 1.29 is 19.8 Å². The number of carboxylic acid groups (broad SMARTS) is 2. The van der Waals surface area contributed by atoms with E-state index in [0.29, 0.717) is 24.2 Å². The molecule has 3 aliphatic rings. The van der Waals surface area contributed by atoms with Crippen LogP contribution in [0.15, 0.2) is 12.2 Å². The largest absolute Gasteiger partial charge is 0.481 e. The number of fused-ring (bicyclic) bond motifs is 1.